The van der Waals surface area contributed by atoms with Crippen molar-refractivity contribution >= 4 is 78.3 Å². The molecule has 1 N–H and O–H groups in total. The maximum atomic E-state index is 11.1. The van der Waals surface area contributed by atoms with Crippen LogP contribution in [-0.4, -0.2) is 87.0 Å². The third-order valence-electron chi connectivity index (χ3n) is 6.78. The van der Waals surface area contributed by atoms with Crippen LogP contribution in [0.1, 0.15) is 36.0 Å². The Balaban J connectivity index is 0.000000188. The molecule has 2 aromatic heterocycles. The predicted octanol–water partition coefficient (Wildman–Crippen LogP) is 8.04. The van der Waals surface area contributed by atoms with Crippen molar-refractivity contribution in [2.24, 2.45) is 41.4 Å². The largest absolute Gasteiger partial charge is 0.478 e. The molecule has 0 atom stereocenters. The first-order valence-electron chi connectivity index (χ1n) is 14.5. The molecule has 0 radical (unpaired) electrons. The molecule has 21 heteroatoms. The van der Waals surface area contributed by atoms with Gasteiger partial charge < -0.3 is 14.9 Å². The highest BCUT2D eigenvalue weighted by Crippen LogP contribution is 2.46. The van der Waals surface area contributed by atoms with Gasteiger partial charge >= 0.3 is 5.97 Å². The van der Waals surface area contributed by atoms with Gasteiger partial charge in [-0.25, -0.2) is 14.8 Å². The van der Waals surface area contributed by atoms with Crippen LogP contribution in [-0.2, 0) is 0 Å². The summed E-state index contributed by atoms with van der Waals surface area (Å²) in [5.41, 5.74) is 1.80. The van der Waals surface area contributed by atoms with Crippen molar-refractivity contribution in [3.63, 3.8) is 0 Å². The van der Waals surface area contributed by atoms with Gasteiger partial charge in [0.2, 0.25) is 9.99 Å². The predicted molar refractivity (Wildman–Crippen MR) is 185 cm³/mol. The Morgan fingerprint density at radius 3 is 1.69 bits per heavy atom. The molecule has 4 aromatic rings. The monoisotopic (exact) mass is 729 g/mol. The first-order valence-corrected chi connectivity index (χ1v) is 17.8. The number of rotatable bonds is 14. The molecule has 0 unspecified atom stereocenters. The van der Waals surface area contributed by atoms with Crippen molar-refractivity contribution in [2.75, 3.05) is 41.3 Å². The maximum absolute atomic E-state index is 11.1. The van der Waals surface area contributed by atoms with Crippen molar-refractivity contribution in [3.05, 3.63) is 52.1 Å². The van der Waals surface area contributed by atoms with Gasteiger partial charge in [-0.05, 0) is 123 Å². The van der Waals surface area contributed by atoms with Gasteiger partial charge in [-0.15, -0.1) is 43.1 Å². The van der Waals surface area contributed by atoms with Crippen LogP contribution < -0.4 is 0 Å². The lowest BCUT2D eigenvalue weighted by Gasteiger charge is -2.18. The molecule has 0 spiro atoms. The zero-order valence-electron chi connectivity index (χ0n) is 26.3. The van der Waals surface area contributed by atoms with Crippen LogP contribution >= 0.6 is 46.2 Å². The van der Waals surface area contributed by atoms with Crippen LogP contribution in [0.5, 0.6) is 0 Å². The minimum Gasteiger partial charge on any atom is -0.478 e. The van der Waals surface area contributed by atoms with Crippen molar-refractivity contribution in [2.45, 2.75) is 44.4 Å². The lowest BCUT2D eigenvalue weighted by molar-refractivity contribution is -0.384. The summed E-state index contributed by atoms with van der Waals surface area (Å²) in [7, 11) is 8.06. The van der Waals surface area contributed by atoms with Crippen molar-refractivity contribution < 1.29 is 14.8 Å². The summed E-state index contributed by atoms with van der Waals surface area (Å²) in [6.07, 6.45) is 3.21. The Bertz CT molecular complexity index is 1750. The number of nitrogens with zero attached hydrogens (tertiary/aromatic N) is 13. The van der Waals surface area contributed by atoms with E-state index < -0.39 is 20.9 Å². The summed E-state index contributed by atoms with van der Waals surface area (Å²) in [5, 5.41) is 51.3. The van der Waals surface area contributed by atoms with Gasteiger partial charge in [0, 0.05) is 25.0 Å². The molecule has 252 valence electrons. The highest BCUT2D eigenvalue weighted by molar-refractivity contribution is 8.02. The van der Waals surface area contributed by atoms with Crippen molar-refractivity contribution in [3.8, 4) is 0 Å². The molecular weight excluding hydrogens is 699 g/mol. The number of nitro benzene ring substituents is 1. The van der Waals surface area contributed by atoms with Gasteiger partial charge in [-0.1, -0.05) is 0 Å². The number of benzene rings is 2. The highest BCUT2D eigenvalue weighted by Gasteiger charge is 2.36. The van der Waals surface area contributed by atoms with Crippen LogP contribution in [0.3, 0.4) is 0 Å². The smallest absolute Gasteiger partial charge is 0.335 e. The Kier molecular flexibility index (Phi) is 11.5. The van der Waals surface area contributed by atoms with E-state index in [2.05, 4.69) is 61.1 Å². The number of hydrogen-bond donors (Lipinski definition) is 1. The average molecular weight is 730 g/mol. The first kappa shape index (κ1) is 35.4. The van der Waals surface area contributed by atoms with E-state index in [1.165, 1.54) is 58.3 Å². The Hall–Kier alpha value is -3.89. The molecule has 4 heterocycles. The fourth-order valence-electron chi connectivity index (χ4n) is 4.44. The quantitative estimate of drug-likeness (QED) is 0.0974. The zero-order chi connectivity index (χ0) is 34.3. The van der Waals surface area contributed by atoms with E-state index in [9.17, 15) is 14.9 Å². The molecule has 2 aliphatic heterocycles. The van der Waals surface area contributed by atoms with E-state index in [0.717, 1.165) is 55.0 Å². The number of carboxylic acids is 1. The van der Waals surface area contributed by atoms with Crippen LogP contribution in [0, 0.1) is 10.1 Å². The maximum Gasteiger partial charge on any atom is 0.335 e. The third kappa shape index (κ3) is 9.17. The standard InChI is InChI=1S/C14H16N6O2S2.C13H15N7O2S2/c1-20(2)7-3-6-14(16-18-19-17-14)24-13-15-10-5-4-9(12(21)22)8-11(10)23-13;1-19(2)7-3-6-13(15-17-18-16-13)24-12-14-10-5-4-9(20(21)22)8-11(10)23-12/h4-5,8H,3,6-7H2,1-2H3,(H,21,22);4-5,8H,3,6-7H2,1-2H3. The average Bonchev–Trinajstić information content (AvgIpc) is 3.83. The number of hydrogen-bond acceptors (Lipinski definition) is 19. The van der Waals surface area contributed by atoms with Gasteiger partial charge in [0.1, 0.15) is 0 Å². The normalized spacial score (nSPS) is 15.6. The molecule has 0 saturated heterocycles. The van der Waals surface area contributed by atoms with Gasteiger partial charge in [-0.3, -0.25) is 10.1 Å². The van der Waals surface area contributed by atoms with Gasteiger partial charge in [0.05, 0.1) is 30.9 Å². The van der Waals surface area contributed by atoms with Crippen molar-refractivity contribution in [1.29, 1.82) is 0 Å². The number of non-ortho nitro benzene ring substituents is 1. The number of carboxylic acid groups (broad SMARTS) is 1. The lowest BCUT2D eigenvalue weighted by atomic mass is 10.2. The molecular formula is C27H31N13O4S4. The summed E-state index contributed by atoms with van der Waals surface area (Å²) >= 11 is 5.62. The summed E-state index contributed by atoms with van der Waals surface area (Å²) < 4.78 is 3.11. The Morgan fingerprint density at radius 1 is 0.792 bits per heavy atom. The SMILES string of the molecule is CN(C)CCCC1(Sc2nc3ccc(C(=O)O)cc3s2)N=NN=N1.CN(C)CCCC1(Sc2nc3ccc([N+](=O)[O-])cc3s2)N=NN=N1. The van der Waals surface area contributed by atoms with Crippen LogP contribution in [0.2, 0.25) is 0 Å². The van der Waals surface area contributed by atoms with Crippen LogP contribution in [0.15, 0.2) is 86.4 Å². The zero-order valence-corrected chi connectivity index (χ0v) is 29.6. The van der Waals surface area contributed by atoms with E-state index in [1.54, 1.807) is 24.3 Å². The molecule has 0 aliphatic carbocycles. The number of aromatic nitrogens is 2. The first-order chi connectivity index (χ1) is 22.9. The Morgan fingerprint density at radius 2 is 1.25 bits per heavy atom. The second-order valence-corrected chi connectivity index (χ2v) is 16.2. The molecule has 17 nitrogen and oxygen atoms in total. The molecule has 0 bridgehead atoms. The molecule has 0 saturated carbocycles. The molecule has 2 aromatic carbocycles. The third-order valence-corrected chi connectivity index (χ3v) is 11.3. The number of nitro groups is 1. The van der Waals surface area contributed by atoms with E-state index in [1.807, 2.05) is 28.2 Å². The topological polar surface area (TPSA) is 212 Å². The van der Waals surface area contributed by atoms with Gasteiger partial charge in [-0.2, -0.15) is 0 Å². The minimum absolute atomic E-state index is 0.0589. The number of aromatic carboxylic acids is 1. The second-order valence-electron chi connectivity index (χ2n) is 11.1. The number of thiazole rings is 2. The van der Waals surface area contributed by atoms with E-state index in [4.69, 9.17) is 5.11 Å². The molecule has 2 aliphatic rings. The number of thioether (sulfide) groups is 2. The molecule has 48 heavy (non-hydrogen) atoms. The summed E-state index contributed by atoms with van der Waals surface area (Å²) in [5.74, 6) is -0.946. The van der Waals surface area contributed by atoms with E-state index >= 15 is 0 Å². The Labute approximate surface area is 290 Å². The second kappa shape index (κ2) is 15.6. The molecule has 0 fully saturated rings. The van der Waals surface area contributed by atoms with Gasteiger partial charge in [0.25, 0.3) is 5.69 Å². The van der Waals surface area contributed by atoms with Crippen LogP contribution in [0.4, 0.5) is 5.69 Å². The number of carbonyl (C=O) groups is 1. The summed E-state index contributed by atoms with van der Waals surface area (Å²) in [6.45, 7) is 1.84. The summed E-state index contributed by atoms with van der Waals surface area (Å²) in [4.78, 5) is 33.2. The fraction of sp³-hybridized carbons (Fsp3) is 0.444. The fourth-order valence-corrected chi connectivity index (χ4v) is 9.23. The minimum atomic E-state index is -0.946. The highest BCUT2D eigenvalue weighted by atomic mass is 32.2. The lowest BCUT2D eigenvalue weighted by Crippen LogP contribution is -2.20. The van der Waals surface area contributed by atoms with E-state index in [-0.39, 0.29) is 11.3 Å². The van der Waals surface area contributed by atoms with Crippen molar-refractivity contribution in [1.82, 2.24) is 19.8 Å². The van der Waals surface area contributed by atoms with Gasteiger partial charge in [0.15, 0.2) is 8.68 Å². The number of fused-ring (bicyclic) bond motifs is 2. The van der Waals surface area contributed by atoms with Crippen LogP contribution in [0.25, 0.3) is 20.4 Å². The molecule has 0 amide bonds. The van der Waals surface area contributed by atoms with E-state index in [0.29, 0.717) is 12.8 Å². The summed E-state index contributed by atoms with van der Waals surface area (Å²) in [6, 6.07) is 9.56. The molecule has 6 rings (SSSR count).